The summed E-state index contributed by atoms with van der Waals surface area (Å²) in [5.74, 6) is 0.118. The summed E-state index contributed by atoms with van der Waals surface area (Å²) in [7, 11) is -6.24. The molecule has 0 fully saturated rings. The average Bonchev–Trinajstić information content (AvgIpc) is 2.45. The lowest BCUT2D eigenvalue weighted by molar-refractivity contribution is 0.541. The van der Waals surface area contributed by atoms with Crippen LogP contribution in [0.15, 0.2) is 24.3 Å². The third-order valence-corrected chi connectivity index (χ3v) is 9.70. The van der Waals surface area contributed by atoms with Crippen LogP contribution in [0.4, 0.5) is 0 Å². The van der Waals surface area contributed by atoms with Crippen LogP contribution in [0.2, 0.25) is 0 Å². The second kappa shape index (κ2) is 7.78. The van der Waals surface area contributed by atoms with Crippen molar-refractivity contribution >= 4 is 19.7 Å². The molecule has 25 heavy (non-hydrogen) atoms. The predicted octanol–water partition coefficient (Wildman–Crippen LogP) is 3.71. The topological polar surface area (TPSA) is 68.3 Å². The zero-order valence-electron chi connectivity index (χ0n) is 16.4. The van der Waals surface area contributed by atoms with Gasteiger partial charge in [0, 0.05) is 5.41 Å². The highest BCUT2D eigenvalue weighted by Crippen LogP contribution is 2.28. The first-order chi connectivity index (χ1) is 11.2. The molecule has 0 aliphatic carbocycles. The molecule has 1 unspecified atom stereocenters. The number of sulfone groups is 2. The monoisotopic (exact) mass is 388 g/mol. The molecule has 0 saturated carbocycles. The molecule has 0 spiro atoms. The third kappa shape index (κ3) is 5.81. The van der Waals surface area contributed by atoms with Gasteiger partial charge >= 0.3 is 0 Å². The van der Waals surface area contributed by atoms with E-state index in [1.54, 1.807) is 27.7 Å². The van der Waals surface area contributed by atoms with E-state index in [1.165, 1.54) is 0 Å². The zero-order valence-corrected chi connectivity index (χ0v) is 18.0. The quantitative estimate of drug-likeness (QED) is 0.681. The summed E-state index contributed by atoms with van der Waals surface area (Å²) in [4.78, 5) is 0. The van der Waals surface area contributed by atoms with Crippen molar-refractivity contribution in [3.8, 4) is 0 Å². The van der Waals surface area contributed by atoms with Gasteiger partial charge in [0.15, 0.2) is 19.7 Å². The lowest BCUT2D eigenvalue weighted by Gasteiger charge is -2.26. The second-order valence-corrected chi connectivity index (χ2v) is 13.3. The first kappa shape index (κ1) is 22.2. The lowest BCUT2D eigenvalue weighted by Crippen LogP contribution is -2.32. The molecule has 0 saturated heterocycles. The largest absolute Gasteiger partial charge is 0.229 e. The van der Waals surface area contributed by atoms with E-state index in [-0.39, 0.29) is 22.7 Å². The summed E-state index contributed by atoms with van der Waals surface area (Å²) in [5, 5.41) is -0.776. The van der Waals surface area contributed by atoms with Crippen molar-refractivity contribution in [1.29, 1.82) is 0 Å². The predicted molar refractivity (Wildman–Crippen MR) is 106 cm³/mol. The van der Waals surface area contributed by atoms with Gasteiger partial charge in [0.1, 0.15) is 0 Å². The summed E-state index contributed by atoms with van der Waals surface area (Å²) in [6.45, 7) is 12.6. The molecule has 0 aliphatic rings. The van der Waals surface area contributed by atoms with Crippen molar-refractivity contribution in [3.05, 3.63) is 35.4 Å². The Morgan fingerprint density at radius 3 is 1.64 bits per heavy atom. The molecule has 0 aliphatic heterocycles. The van der Waals surface area contributed by atoms with Gasteiger partial charge in [-0.05, 0) is 44.7 Å². The molecule has 0 bridgehead atoms. The molecule has 6 heteroatoms. The third-order valence-electron chi connectivity index (χ3n) is 4.74. The van der Waals surface area contributed by atoms with Gasteiger partial charge in [-0.2, -0.15) is 0 Å². The fraction of sp³-hybridized carbons (Fsp3) is 0.684. The van der Waals surface area contributed by atoms with E-state index in [1.807, 2.05) is 45.0 Å². The molecule has 0 heterocycles. The van der Waals surface area contributed by atoms with Gasteiger partial charge in [0.2, 0.25) is 0 Å². The Balaban J connectivity index is 2.99. The average molecular weight is 389 g/mol. The first-order valence-electron chi connectivity index (χ1n) is 8.72. The summed E-state index contributed by atoms with van der Waals surface area (Å²) in [6, 6.07) is 7.67. The van der Waals surface area contributed by atoms with Crippen molar-refractivity contribution in [2.24, 2.45) is 0 Å². The number of hydrogen-bond donors (Lipinski definition) is 0. The van der Waals surface area contributed by atoms with E-state index in [0.717, 1.165) is 11.1 Å². The summed E-state index contributed by atoms with van der Waals surface area (Å²) in [6.07, 6.45) is 0. The molecule has 1 atom stereocenters. The van der Waals surface area contributed by atoms with Crippen LogP contribution in [0.1, 0.15) is 65.5 Å². The zero-order chi connectivity index (χ0) is 19.6. The highest BCUT2D eigenvalue weighted by molar-refractivity contribution is 7.92. The van der Waals surface area contributed by atoms with Crippen LogP contribution in [0, 0.1) is 0 Å². The van der Waals surface area contributed by atoms with Gasteiger partial charge < -0.3 is 0 Å². The number of hydrogen-bond acceptors (Lipinski definition) is 4. The van der Waals surface area contributed by atoms with E-state index in [9.17, 15) is 16.8 Å². The van der Waals surface area contributed by atoms with E-state index < -0.39 is 30.3 Å². The maximum Gasteiger partial charge on any atom is 0.153 e. The van der Waals surface area contributed by atoms with Gasteiger partial charge in [-0.25, -0.2) is 16.8 Å². The van der Waals surface area contributed by atoms with Crippen molar-refractivity contribution < 1.29 is 16.8 Å². The summed E-state index contributed by atoms with van der Waals surface area (Å²) < 4.78 is 48.7. The fourth-order valence-corrected chi connectivity index (χ4v) is 5.43. The van der Waals surface area contributed by atoms with Crippen LogP contribution in [0.5, 0.6) is 0 Å². The van der Waals surface area contributed by atoms with Crippen molar-refractivity contribution in [2.45, 2.75) is 70.3 Å². The Bertz CT molecular complexity index is 771. The second-order valence-electron chi connectivity index (χ2n) is 8.14. The molecular weight excluding hydrogens is 356 g/mol. The summed E-state index contributed by atoms with van der Waals surface area (Å²) >= 11 is 0. The van der Waals surface area contributed by atoms with Crippen LogP contribution in [-0.2, 0) is 25.1 Å². The highest BCUT2D eigenvalue weighted by atomic mass is 32.2. The van der Waals surface area contributed by atoms with Crippen LogP contribution in [-0.4, -0.2) is 38.8 Å². The minimum Gasteiger partial charge on any atom is -0.229 e. The Hall–Kier alpha value is -0.880. The van der Waals surface area contributed by atoms with Gasteiger partial charge in [-0.15, -0.1) is 0 Å². The van der Waals surface area contributed by atoms with E-state index >= 15 is 0 Å². The molecule has 4 nitrogen and oxygen atoms in total. The maximum absolute atomic E-state index is 12.2. The molecule has 0 N–H and O–H groups in total. The molecule has 0 radical (unpaired) electrons. The Morgan fingerprint density at radius 1 is 0.800 bits per heavy atom. The van der Waals surface area contributed by atoms with Gasteiger partial charge in [-0.3, -0.25) is 0 Å². The van der Waals surface area contributed by atoms with E-state index in [2.05, 4.69) is 0 Å². The van der Waals surface area contributed by atoms with Crippen LogP contribution in [0.25, 0.3) is 0 Å². The van der Waals surface area contributed by atoms with Crippen LogP contribution < -0.4 is 0 Å². The Morgan fingerprint density at radius 2 is 1.24 bits per heavy atom. The molecule has 0 aromatic heterocycles. The lowest BCUT2D eigenvalue weighted by atomic mass is 9.85. The highest BCUT2D eigenvalue weighted by Gasteiger charge is 2.30. The maximum atomic E-state index is 12.2. The van der Waals surface area contributed by atoms with Gasteiger partial charge in [0.05, 0.1) is 22.0 Å². The Labute approximate surface area is 153 Å². The minimum atomic E-state index is -3.14. The fourth-order valence-electron chi connectivity index (χ4n) is 2.65. The van der Waals surface area contributed by atoms with Gasteiger partial charge in [-0.1, -0.05) is 45.0 Å². The van der Waals surface area contributed by atoms with Gasteiger partial charge in [0.25, 0.3) is 0 Å². The summed E-state index contributed by atoms with van der Waals surface area (Å²) in [5.41, 5.74) is 1.41. The molecule has 1 rings (SSSR count). The molecule has 0 amide bonds. The van der Waals surface area contributed by atoms with E-state index in [0.29, 0.717) is 0 Å². The molecule has 1 aromatic carbocycles. The SMILES string of the molecule is CC(CS(=O)(=O)C(C)C)c1ccc(C(C)(C)CS(=O)(=O)C(C)C)cc1. The minimum absolute atomic E-state index is 0.0916. The van der Waals surface area contributed by atoms with Crippen LogP contribution in [0.3, 0.4) is 0 Å². The van der Waals surface area contributed by atoms with E-state index in [4.69, 9.17) is 0 Å². The Kier molecular flexibility index (Phi) is 6.90. The number of benzene rings is 1. The molecular formula is C19H32O4S2. The van der Waals surface area contributed by atoms with Crippen molar-refractivity contribution in [1.82, 2.24) is 0 Å². The smallest absolute Gasteiger partial charge is 0.153 e. The van der Waals surface area contributed by atoms with Crippen molar-refractivity contribution in [3.63, 3.8) is 0 Å². The molecule has 1 aromatic rings. The first-order valence-corrected chi connectivity index (χ1v) is 12.2. The number of rotatable bonds is 8. The van der Waals surface area contributed by atoms with Crippen molar-refractivity contribution in [2.75, 3.05) is 11.5 Å². The molecule has 144 valence electrons. The van der Waals surface area contributed by atoms with Crippen LogP contribution >= 0.6 is 0 Å². The normalized spacial score (nSPS) is 14.9. The standard InChI is InChI=1S/C19H32O4S2/c1-14(2)24(20,21)12-16(5)17-8-10-18(11-9-17)19(6,7)13-25(22,23)15(3)4/h8-11,14-16H,12-13H2,1-7H3.